The van der Waals surface area contributed by atoms with Crippen LogP contribution in [-0.4, -0.2) is 52.2 Å². The van der Waals surface area contributed by atoms with Gasteiger partial charge in [-0.05, 0) is 76.4 Å². The van der Waals surface area contributed by atoms with Gasteiger partial charge < -0.3 is 25.4 Å². The van der Waals surface area contributed by atoms with E-state index in [2.05, 4.69) is 10.6 Å². The topological polar surface area (TPSA) is 108 Å². The first kappa shape index (κ1) is 30.6. The van der Waals surface area contributed by atoms with Crippen molar-refractivity contribution in [2.24, 2.45) is 0 Å². The molecule has 0 saturated heterocycles. The lowest BCUT2D eigenvalue weighted by molar-refractivity contribution is -0.144. The first-order valence-corrected chi connectivity index (χ1v) is 13.6. The van der Waals surface area contributed by atoms with Gasteiger partial charge in [-0.3, -0.25) is 9.59 Å². The van der Waals surface area contributed by atoms with Gasteiger partial charge in [0.15, 0.2) is 0 Å². The summed E-state index contributed by atoms with van der Waals surface area (Å²) in [7, 11) is 0. The number of ether oxygens (including phenoxy) is 1. The van der Waals surface area contributed by atoms with Gasteiger partial charge >= 0.3 is 6.09 Å². The lowest BCUT2D eigenvalue weighted by Crippen LogP contribution is -2.56. The summed E-state index contributed by atoms with van der Waals surface area (Å²) >= 11 is 0. The van der Waals surface area contributed by atoms with E-state index in [9.17, 15) is 19.5 Å². The van der Waals surface area contributed by atoms with Crippen LogP contribution in [0.15, 0.2) is 60.7 Å². The smallest absolute Gasteiger partial charge is 0.408 e. The van der Waals surface area contributed by atoms with Gasteiger partial charge in [0.2, 0.25) is 5.91 Å². The maximum absolute atomic E-state index is 14.1. The number of hydrogen-bond acceptors (Lipinski definition) is 5. The fourth-order valence-electron chi connectivity index (χ4n) is 4.69. The number of amides is 3. The number of aliphatic hydroxyl groups excluding tert-OH is 1. The van der Waals surface area contributed by atoms with Crippen molar-refractivity contribution in [1.82, 2.24) is 10.2 Å². The molecule has 8 heteroatoms. The summed E-state index contributed by atoms with van der Waals surface area (Å²) in [5.41, 5.74) is 2.34. The average molecular weight is 548 g/mol. The molecule has 0 aromatic heterocycles. The SMILES string of the molecule is CCC(C)N(C(=O)C(CO)NC(=O)OC(C)(C)C)C(C(=O)Nc1ccc2ccccc2c1)c1cc(C)cc(C)c1. The van der Waals surface area contributed by atoms with Crippen molar-refractivity contribution < 1.29 is 24.2 Å². The Balaban J connectivity index is 2.05. The van der Waals surface area contributed by atoms with E-state index in [1.54, 1.807) is 20.8 Å². The number of aliphatic hydroxyl groups is 1. The maximum atomic E-state index is 14.1. The number of carbonyl (C=O) groups is 3. The molecule has 0 bridgehead atoms. The van der Waals surface area contributed by atoms with Crippen LogP contribution >= 0.6 is 0 Å². The maximum Gasteiger partial charge on any atom is 0.408 e. The number of hydrogen-bond donors (Lipinski definition) is 3. The number of rotatable bonds is 9. The fraction of sp³-hybridized carbons (Fsp3) is 0.406. The Morgan fingerprint density at radius 3 is 2.15 bits per heavy atom. The molecule has 3 amide bonds. The number of nitrogens with one attached hydrogen (secondary N) is 2. The number of alkyl carbamates (subject to hydrolysis) is 1. The molecule has 214 valence electrons. The Morgan fingerprint density at radius 2 is 1.57 bits per heavy atom. The van der Waals surface area contributed by atoms with Crippen LogP contribution in [0.4, 0.5) is 10.5 Å². The highest BCUT2D eigenvalue weighted by atomic mass is 16.6. The van der Waals surface area contributed by atoms with Crippen LogP contribution in [-0.2, 0) is 14.3 Å². The number of anilines is 1. The van der Waals surface area contributed by atoms with Crippen molar-refractivity contribution in [3.8, 4) is 0 Å². The van der Waals surface area contributed by atoms with E-state index in [4.69, 9.17) is 4.74 Å². The van der Waals surface area contributed by atoms with Gasteiger partial charge in [0, 0.05) is 11.7 Å². The summed E-state index contributed by atoms with van der Waals surface area (Å²) in [6.45, 7) is 12.1. The Kier molecular flexibility index (Phi) is 9.93. The Labute approximate surface area is 236 Å². The Hall–Kier alpha value is -3.91. The van der Waals surface area contributed by atoms with Gasteiger partial charge in [0.25, 0.3) is 5.91 Å². The quantitative estimate of drug-likeness (QED) is 0.321. The number of benzene rings is 3. The molecule has 3 aromatic carbocycles. The molecule has 3 N–H and O–H groups in total. The van der Waals surface area contributed by atoms with Crippen molar-refractivity contribution in [3.05, 3.63) is 77.4 Å². The monoisotopic (exact) mass is 547 g/mol. The van der Waals surface area contributed by atoms with Gasteiger partial charge in [-0.25, -0.2) is 4.79 Å². The summed E-state index contributed by atoms with van der Waals surface area (Å²) in [5.74, 6) is -0.983. The molecule has 8 nitrogen and oxygen atoms in total. The van der Waals surface area contributed by atoms with E-state index in [1.165, 1.54) is 4.90 Å². The molecule has 0 heterocycles. The first-order chi connectivity index (χ1) is 18.8. The Morgan fingerprint density at radius 1 is 0.950 bits per heavy atom. The largest absolute Gasteiger partial charge is 0.444 e. The first-order valence-electron chi connectivity index (χ1n) is 13.6. The standard InChI is InChI=1S/C32H41N3O5/c1-8-22(4)35(30(38)27(19-36)34-31(39)40-32(5,6)7)28(25-16-20(2)15-21(3)17-25)29(37)33-26-14-13-23-11-9-10-12-24(23)18-26/h9-18,22,27-28,36H,8,19H2,1-7H3,(H,33,37)(H,34,39). The Bertz CT molecular complexity index is 1340. The van der Waals surface area contributed by atoms with Crippen molar-refractivity contribution in [2.75, 3.05) is 11.9 Å². The zero-order valence-corrected chi connectivity index (χ0v) is 24.4. The summed E-state index contributed by atoms with van der Waals surface area (Å²) < 4.78 is 5.31. The zero-order valence-electron chi connectivity index (χ0n) is 24.4. The molecule has 3 aromatic rings. The molecule has 0 spiro atoms. The summed E-state index contributed by atoms with van der Waals surface area (Å²) in [6.07, 6.45) is -0.284. The summed E-state index contributed by atoms with van der Waals surface area (Å²) in [6, 6.07) is 16.5. The lowest BCUT2D eigenvalue weighted by Gasteiger charge is -2.38. The molecule has 3 atom stereocenters. The van der Waals surface area contributed by atoms with Crippen LogP contribution < -0.4 is 10.6 Å². The normalized spacial score (nSPS) is 13.7. The molecule has 40 heavy (non-hydrogen) atoms. The fourth-order valence-corrected chi connectivity index (χ4v) is 4.69. The van der Waals surface area contributed by atoms with Crippen LogP contribution in [0.3, 0.4) is 0 Å². The highest BCUT2D eigenvalue weighted by molar-refractivity contribution is 6.00. The van der Waals surface area contributed by atoms with Gasteiger partial charge in [0.1, 0.15) is 17.7 Å². The molecular formula is C32H41N3O5. The molecular weight excluding hydrogens is 506 g/mol. The number of fused-ring (bicyclic) bond motifs is 1. The van der Waals surface area contributed by atoms with E-state index in [0.29, 0.717) is 17.7 Å². The van der Waals surface area contributed by atoms with Crippen LogP contribution in [0.25, 0.3) is 10.8 Å². The van der Waals surface area contributed by atoms with Crippen LogP contribution in [0.5, 0.6) is 0 Å². The van der Waals surface area contributed by atoms with E-state index < -0.39 is 48.2 Å². The van der Waals surface area contributed by atoms with Gasteiger partial charge in [-0.2, -0.15) is 0 Å². The molecule has 0 saturated carbocycles. The summed E-state index contributed by atoms with van der Waals surface area (Å²) in [4.78, 5) is 42.1. The molecule has 0 aliphatic heterocycles. The molecule has 3 rings (SSSR count). The molecule has 0 aliphatic carbocycles. The van der Waals surface area contributed by atoms with E-state index in [0.717, 1.165) is 21.9 Å². The van der Waals surface area contributed by atoms with Crippen molar-refractivity contribution in [3.63, 3.8) is 0 Å². The lowest BCUT2D eigenvalue weighted by atomic mass is 9.96. The van der Waals surface area contributed by atoms with Crippen molar-refractivity contribution >= 4 is 34.4 Å². The second kappa shape index (κ2) is 13.0. The minimum atomic E-state index is -1.30. The minimum absolute atomic E-state index is 0.393. The number of aryl methyl sites for hydroxylation is 2. The van der Waals surface area contributed by atoms with Crippen LogP contribution in [0.1, 0.15) is 63.8 Å². The third kappa shape index (κ3) is 7.82. The molecule has 0 aliphatic rings. The van der Waals surface area contributed by atoms with Gasteiger partial charge in [-0.1, -0.05) is 66.6 Å². The molecule has 3 unspecified atom stereocenters. The highest BCUT2D eigenvalue weighted by Gasteiger charge is 2.38. The summed E-state index contributed by atoms with van der Waals surface area (Å²) in [5, 5.41) is 17.7. The van der Waals surface area contributed by atoms with Crippen molar-refractivity contribution in [1.29, 1.82) is 0 Å². The minimum Gasteiger partial charge on any atom is -0.444 e. The van der Waals surface area contributed by atoms with Gasteiger partial charge in [0.05, 0.1) is 6.61 Å². The molecule has 0 fully saturated rings. The van der Waals surface area contributed by atoms with Gasteiger partial charge in [-0.15, -0.1) is 0 Å². The average Bonchev–Trinajstić information content (AvgIpc) is 2.87. The second-order valence-corrected chi connectivity index (χ2v) is 11.3. The number of nitrogens with zero attached hydrogens (tertiary/aromatic N) is 1. The second-order valence-electron chi connectivity index (χ2n) is 11.3. The van der Waals surface area contributed by atoms with E-state index in [1.807, 2.05) is 88.4 Å². The third-order valence-electron chi connectivity index (χ3n) is 6.60. The van der Waals surface area contributed by atoms with Crippen molar-refractivity contribution in [2.45, 2.75) is 78.6 Å². The number of carbonyl (C=O) groups excluding carboxylic acids is 3. The third-order valence-corrected chi connectivity index (χ3v) is 6.60. The van der Waals surface area contributed by atoms with Crippen LogP contribution in [0.2, 0.25) is 0 Å². The van der Waals surface area contributed by atoms with Crippen LogP contribution in [0, 0.1) is 13.8 Å². The molecule has 0 radical (unpaired) electrons. The highest BCUT2D eigenvalue weighted by Crippen LogP contribution is 2.29. The zero-order chi connectivity index (χ0) is 29.6. The van der Waals surface area contributed by atoms with E-state index >= 15 is 0 Å². The predicted octanol–water partition coefficient (Wildman–Crippen LogP) is 5.65. The predicted molar refractivity (Wildman–Crippen MR) is 158 cm³/mol. The van der Waals surface area contributed by atoms with E-state index in [-0.39, 0.29) is 0 Å².